The summed E-state index contributed by atoms with van der Waals surface area (Å²) in [6, 6.07) is 15.1. The normalized spacial score (nSPS) is 13.6. The van der Waals surface area contributed by atoms with Gasteiger partial charge >= 0.3 is 0 Å². The van der Waals surface area contributed by atoms with Crippen LogP contribution >= 0.6 is 11.3 Å². The Morgan fingerprint density at radius 3 is 2.62 bits per heavy atom. The van der Waals surface area contributed by atoms with Gasteiger partial charge in [0.25, 0.3) is 5.91 Å². The molecule has 1 aromatic heterocycles. The molecule has 2 aromatic carbocycles. The van der Waals surface area contributed by atoms with Gasteiger partial charge in [-0.3, -0.25) is 4.79 Å². The molecule has 0 saturated carbocycles. The summed E-state index contributed by atoms with van der Waals surface area (Å²) in [4.78, 5) is 16.4. The van der Waals surface area contributed by atoms with Crippen molar-refractivity contribution < 1.29 is 15.0 Å². The van der Waals surface area contributed by atoms with Crippen LogP contribution in [0.5, 0.6) is 0 Å². The van der Waals surface area contributed by atoms with Crippen LogP contribution in [0, 0.1) is 6.92 Å². The number of aromatic nitrogens is 1. The molecular weight excluding hydrogens is 324 g/mol. The third kappa shape index (κ3) is 3.46. The van der Waals surface area contributed by atoms with Crippen LogP contribution in [0.15, 0.2) is 48.5 Å². The molecule has 0 aliphatic rings. The summed E-state index contributed by atoms with van der Waals surface area (Å²) in [6.45, 7) is 2.25. The van der Waals surface area contributed by atoms with Gasteiger partial charge in [0.15, 0.2) is 6.10 Å². The Morgan fingerprint density at radius 1 is 1.17 bits per heavy atom. The highest BCUT2D eigenvalue weighted by Gasteiger charge is 2.28. The summed E-state index contributed by atoms with van der Waals surface area (Å²) in [5.41, 5.74) is 2.76. The van der Waals surface area contributed by atoms with E-state index in [1.165, 1.54) is 11.3 Å². The molecule has 0 saturated heterocycles. The molecule has 5 nitrogen and oxygen atoms in total. The average molecular weight is 342 g/mol. The van der Waals surface area contributed by atoms with Gasteiger partial charge in [0.2, 0.25) is 0 Å². The van der Waals surface area contributed by atoms with Crippen molar-refractivity contribution in [2.75, 3.05) is 0 Å². The van der Waals surface area contributed by atoms with E-state index in [9.17, 15) is 15.0 Å². The molecule has 3 aromatic rings. The molecule has 24 heavy (non-hydrogen) atoms. The van der Waals surface area contributed by atoms with Crippen LogP contribution in [0.2, 0.25) is 0 Å². The molecule has 3 rings (SSSR count). The molecule has 0 aliphatic heterocycles. The third-order valence-corrected chi connectivity index (χ3v) is 4.95. The number of benzene rings is 2. The molecular formula is C18H18N2O3S. The Kier molecular flexibility index (Phi) is 4.89. The van der Waals surface area contributed by atoms with Crippen LogP contribution in [-0.4, -0.2) is 27.2 Å². The highest BCUT2D eigenvalue weighted by atomic mass is 32.1. The van der Waals surface area contributed by atoms with E-state index in [-0.39, 0.29) is 0 Å². The number of nitrogens with one attached hydrogen (secondary N) is 1. The standard InChI is InChI=1S/C18H18N2O3S/c1-11-6-2-3-7-12(11)10-19-17(23)15(21)16(22)18-20-13-8-4-5-9-14(13)24-18/h2-9,15-16,21-22H,10H2,1H3,(H,19,23). The van der Waals surface area contributed by atoms with Gasteiger partial charge in [-0.2, -0.15) is 0 Å². The number of rotatable bonds is 5. The van der Waals surface area contributed by atoms with Crippen molar-refractivity contribution >= 4 is 27.5 Å². The molecule has 0 bridgehead atoms. The number of nitrogens with zero attached hydrogens (tertiary/aromatic N) is 1. The van der Waals surface area contributed by atoms with Gasteiger partial charge in [0, 0.05) is 6.54 Å². The number of aliphatic hydroxyl groups is 2. The maximum atomic E-state index is 12.1. The first-order chi connectivity index (χ1) is 11.6. The van der Waals surface area contributed by atoms with Gasteiger partial charge in [-0.05, 0) is 30.2 Å². The van der Waals surface area contributed by atoms with Crippen molar-refractivity contribution in [3.63, 3.8) is 0 Å². The van der Waals surface area contributed by atoms with E-state index in [0.717, 1.165) is 21.3 Å². The number of para-hydroxylation sites is 1. The van der Waals surface area contributed by atoms with Crippen molar-refractivity contribution in [3.05, 3.63) is 64.7 Å². The lowest BCUT2D eigenvalue weighted by atomic mass is 10.1. The summed E-state index contributed by atoms with van der Waals surface area (Å²) in [7, 11) is 0. The molecule has 6 heteroatoms. The lowest BCUT2D eigenvalue weighted by Crippen LogP contribution is -2.38. The molecule has 1 amide bonds. The molecule has 1 heterocycles. The largest absolute Gasteiger partial charge is 0.383 e. The SMILES string of the molecule is Cc1ccccc1CNC(=O)C(O)C(O)c1nc2ccccc2s1. The summed E-state index contributed by atoms with van der Waals surface area (Å²) >= 11 is 1.27. The zero-order valence-corrected chi connectivity index (χ0v) is 14.0. The number of amides is 1. The van der Waals surface area contributed by atoms with Crippen molar-refractivity contribution in [1.82, 2.24) is 10.3 Å². The van der Waals surface area contributed by atoms with Crippen molar-refractivity contribution in [3.8, 4) is 0 Å². The monoisotopic (exact) mass is 342 g/mol. The van der Waals surface area contributed by atoms with E-state index < -0.39 is 18.1 Å². The molecule has 0 fully saturated rings. The molecule has 124 valence electrons. The second kappa shape index (κ2) is 7.09. The van der Waals surface area contributed by atoms with Crippen LogP contribution in [0.4, 0.5) is 0 Å². The van der Waals surface area contributed by atoms with Crippen molar-refractivity contribution in [1.29, 1.82) is 0 Å². The van der Waals surface area contributed by atoms with Crippen LogP contribution in [-0.2, 0) is 11.3 Å². The fourth-order valence-electron chi connectivity index (χ4n) is 2.39. The highest BCUT2D eigenvalue weighted by Crippen LogP contribution is 2.28. The van der Waals surface area contributed by atoms with Crippen LogP contribution in [0.3, 0.4) is 0 Å². The quantitative estimate of drug-likeness (QED) is 0.664. The number of carbonyl (C=O) groups excluding carboxylic acids is 1. The number of aliphatic hydroxyl groups excluding tert-OH is 2. The Balaban J connectivity index is 1.67. The highest BCUT2D eigenvalue weighted by molar-refractivity contribution is 7.18. The van der Waals surface area contributed by atoms with Gasteiger partial charge in [0.05, 0.1) is 10.2 Å². The average Bonchev–Trinajstić information content (AvgIpc) is 3.03. The lowest BCUT2D eigenvalue weighted by Gasteiger charge is -2.16. The molecule has 0 spiro atoms. The Hall–Kier alpha value is -2.28. The third-order valence-electron chi connectivity index (χ3n) is 3.85. The van der Waals surface area contributed by atoms with E-state index >= 15 is 0 Å². The number of aryl methyl sites for hydroxylation is 1. The van der Waals surface area contributed by atoms with Gasteiger partial charge in [-0.1, -0.05) is 36.4 Å². The number of hydrogen-bond acceptors (Lipinski definition) is 5. The maximum Gasteiger partial charge on any atom is 0.252 e. The predicted octanol–water partition coefficient (Wildman–Crippen LogP) is 2.32. The molecule has 0 radical (unpaired) electrons. The Labute approximate surface area is 143 Å². The zero-order chi connectivity index (χ0) is 17.1. The number of fused-ring (bicyclic) bond motifs is 1. The van der Waals surface area contributed by atoms with E-state index in [1.807, 2.05) is 55.5 Å². The minimum absolute atomic E-state index is 0.301. The first-order valence-corrected chi connectivity index (χ1v) is 8.41. The van der Waals surface area contributed by atoms with Crippen molar-refractivity contribution in [2.45, 2.75) is 25.7 Å². The van der Waals surface area contributed by atoms with Crippen LogP contribution in [0.1, 0.15) is 22.2 Å². The van der Waals surface area contributed by atoms with E-state index in [4.69, 9.17) is 0 Å². The van der Waals surface area contributed by atoms with Crippen molar-refractivity contribution in [2.24, 2.45) is 0 Å². The number of thiazole rings is 1. The topological polar surface area (TPSA) is 82.5 Å². The summed E-state index contributed by atoms with van der Waals surface area (Å²) in [5, 5.41) is 23.3. The molecule has 3 N–H and O–H groups in total. The van der Waals surface area contributed by atoms with E-state index in [0.29, 0.717) is 11.6 Å². The number of carbonyl (C=O) groups is 1. The summed E-state index contributed by atoms with van der Waals surface area (Å²) in [6.07, 6.45) is -2.91. The van der Waals surface area contributed by atoms with E-state index in [2.05, 4.69) is 10.3 Å². The summed E-state index contributed by atoms with van der Waals surface area (Å²) < 4.78 is 0.902. The fourth-order valence-corrected chi connectivity index (χ4v) is 3.37. The Morgan fingerprint density at radius 2 is 1.88 bits per heavy atom. The first-order valence-electron chi connectivity index (χ1n) is 7.60. The zero-order valence-electron chi connectivity index (χ0n) is 13.1. The van der Waals surface area contributed by atoms with Gasteiger partial charge in [-0.25, -0.2) is 4.98 Å². The smallest absolute Gasteiger partial charge is 0.252 e. The lowest BCUT2D eigenvalue weighted by molar-refractivity contribution is -0.135. The fraction of sp³-hybridized carbons (Fsp3) is 0.222. The maximum absolute atomic E-state index is 12.1. The minimum atomic E-state index is -1.56. The van der Waals surface area contributed by atoms with Crippen LogP contribution in [0.25, 0.3) is 10.2 Å². The molecule has 2 atom stereocenters. The number of hydrogen-bond donors (Lipinski definition) is 3. The molecule has 0 aliphatic carbocycles. The van der Waals surface area contributed by atoms with Gasteiger partial charge in [0.1, 0.15) is 11.1 Å². The Bertz CT molecular complexity index is 829. The minimum Gasteiger partial charge on any atom is -0.383 e. The van der Waals surface area contributed by atoms with Gasteiger partial charge in [-0.15, -0.1) is 11.3 Å². The van der Waals surface area contributed by atoms with Gasteiger partial charge < -0.3 is 15.5 Å². The first kappa shape index (κ1) is 16.6. The van der Waals surface area contributed by atoms with E-state index in [1.54, 1.807) is 0 Å². The van der Waals surface area contributed by atoms with Crippen LogP contribution < -0.4 is 5.32 Å². The summed E-state index contributed by atoms with van der Waals surface area (Å²) in [5.74, 6) is -0.620. The second-order valence-electron chi connectivity index (χ2n) is 5.55. The predicted molar refractivity (Wildman–Crippen MR) is 93.6 cm³/mol. The second-order valence-corrected chi connectivity index (χ2v) is 6.62. The molecule has 2 unspecified atom stereocenters.